The largest absolute Gasteiger partial charge is 0.416 e. The molecule has 3 rings (SSSR count). The van der Waals surface area contributed by atoms with Gasteiger partial charge in [-0.25, -0.2) is 9.97 Å². The van der Waals surface area contributed by atoms with Crippen molar-refractivity contribution in [3.8, 4) is 0 Å². The summed E-state index contributed by atoms with van der Waals surface area (Å²) in [6.07, 6.45) is -1.43. The molecule has 0 aliphatic rings. The fourth-order valence-electron chi connectivity index (χ4n) is 2.67. The van der Waals surface area contributed by atoms with E-state index in [9.17, 15) is 13.2 Å². The van der Waals surface area contributed by atoms with E-state index < -0.39 is 11.7 Å². The normalized spacial score (nSPS) is 11.2. The minimum absolute atomic E-state index is 0.124. The summed E-state index contributed by atoms with van der Waals surface area (Å²) in [5.74, 6) is 1.45. The van der Waals surface area contributed by atoms with Crippen molar-refractivity contribution in [2.45, 2.75) is 26.6 Å². The van der Waals surface area contributed by atoms with Crippen LogP contribution in [0.25, 0.3) is 0 Å². The molecule has 3 aromatic rings. The van der Waals surface area contributed by atoms with Crippen LogP contribution in [-0.4, -0.2) is 38.0 Å². The van der Waals surface area contributed by atoms with Gasteiger partial charge in [0.05, 0.1) is 5.56 Å². The molecule has 2 N–H and O–H groups in total. The molecule has 30 heavy (non-hydrogen) atoms. The van der Waals surface area contributed by atoms with Crippen LogP contribution in [0, 0.1) is 0 Å². The summed E-state index contributed by atoms with van der Waals surface area (Å²) < 4.78 is 38.8. The molecule has 0 radical (unpaired) electrons. The van der Waals surface area contributed by atoms with Gasteiger partial charge in [0.2, 0.25) is 17.8 Å². The first kappa shape index (κ1) is 21.2. The number of anilines is 4. The van der Waals surface area contributed by atoms with Gasteiger partial charge in [-0.3, -0.25) is 0 Å². The maximum atomic E-state index is 12.9. The Balaban J connectivity index is 1.84. The molecule has 2 aromatic heterocycles. The quantitative estimate of drug-likeness (QED) is 0.569. The van der Waals surface area contributed by atoms with Gasteiger partial charge in [-0.15, -0.1) is 0 Å². The van der Waals surface area contributed by atoms with E-state index in [1.807, 2.05) is 18.7 Å². The minimum atomic E-state index is -4.40. The highest BCUT2D eigenvalue weighted by Gasteiger charge is 2.30. The SMILES string of the molecule is CCN(CC)c1nc(NCc2cccc(C(F)(F)F)c2)nc(Nc2ccncn2)n1. The third-order valence-electron chi connectivity index (χ3n) is 4.20. The number of halogens is 3. The number of hydrogen-bond acceptors (Lipinski definition) is 8. The molecule has 0 unspecified atom stereocenters. The van der Waals surface area contributed by atoms with Crippen molar-refractivity contribution >= 4 is 23.7 Å². The van der Waals surface area contributed by atoms with Crippen LogP contribution >= 0.6 is 0 Å². The van der Waals surface area contributed by atoms with Crippen molar-refractivity contribution in [2.24, 2.45) is 0 Å². The molecule has 0 bridgehead atoms. The van der Waals surface area contributed by atoms with E-state index in [-0.39, 0.29) is 18.4 Å². The molecule has 11 heteroatoms. The van der Waals surface area contributed by atoms with Crippen molar-refractivity contribution in [3.05, 3.63) is 54.0 Å². The summed E-state index contributed by atoms with van der Waals surface area (Å²) in [6, 6.07) is 6.77. The van der Waals surface area contributed by atoms with E-state index >= 15 is 0 Å². The van der Waals surface area contributed by atoms with E-state index in [2.05, 4.69) is 35.6 Å². The Morgan fingerprint density at radius 3 is 2.43 bits per heavy atom. The first-order chi connectivity index (χ1) is 14.4. The lowest BCUT2D eigenvalue weighted by atomic mass is 10.1. The van der Waals surface area contributed by atoms with Crippen LogP contribution in [0.15, 0.2) is 42.9 Å². The predicted molar refractivity (Wildman–Crippen MR) is 107 cm³/mol. The summed E-state index contributed by atoms with van der Waals surface area (Å²) >= 11 is 0. The zero-order valence-corrected chi connectivity index (χ0v) is 16.5. The number of nitrogens with one attached hydrogen (secondary N) is 2. The van der Waals surface area contributed by atoms with Crippen LogP contribution in [0.3, 0.4) is 0 Å². The van der Waals surface area contributed by atoms with Gasteiger partial charge in [0.25, 0.3) is 0 Å². The summed E-state index contributed by atoms with van der Waals surface area (Å²) in [4.78, 5) is 23.0. The number of benzene rings is 1. The summed E-state index contributed by atoms with van der Waals surface area (Å²) in [5, 5.41) is 5.97. The van der Waals surface area contributed by atoms with E-state index in [0.29, 0.717) is 30.4 Å². The highest BCUT2D eigenvalue weighted by Crippen LogP contribution is 2.29. The highest BCUT2D eigenvalue weighted by atomic mass is 19.4. The number of nitrogens with zero attached hydrogens (tertiary/aromatic N) is 6. The van der Waals surface area contributed by atoms with E-state index in [4.69, 9.17) is 0 Å². The van der Waals surface area contributed by atoms with Gasteiger partial charge in [-0.2, -0.15) is 28.1 Å². The topological polar surface area (TPSA) is 91.8 Å². The fourth-order valence-corrected chi connectivity index (χ4v) is 2.67. The van der Waals surface area contributed by atoms with Crippen molar-refractivity contribution in [1.29, 1.82) is 0 Å². The number of aromatic nitrogens is 5. The molecule has 0 saturated heterocycles. The van der Waals surface area contributed by atoms with E-state index in [0.717, 1.165) is 12.1 Å². The smallest absolute Gasteiger partial charge is 0.350 e. The lowest BCUT2D eigenvalue weighted by Gasteiger charge is -2.20. The molecular formula is C19H21F3N8. The highest BCUT2D eigenvalue weighted by molar-refractivity contribution is 5.51. The second kappa shape index (κ2) is 9.33. The number of alkyl halides is 3. The molecule has 158 valence electrons. The molecule has 2 heterocycles. The Morgan fingerprint density at radius 1 is 1.00 bits per heavy atom. The van der Waals surface area contributed by atoms with Gasteiger partial charge in [-0.1, -0.05) is 12.1 Å². The average molecular weight is 418 g/mol. The standard InChI is InChI=1S/C19H21F3N8/c1-3-30(4-2)18-28-16(27-17(29-18)26-15-8-9-23-12-25-15)24-11-13-6-5-7-14(10-13)19(20,21)22/h5-10,12H,3-4,11H2,1-2H3,(H2,23,24,25,26,27,28,29). The second-order valence-electron chi connectivity index (χ2n) is 6.23. The molecule has 0 saturated carbocycles. The molecule has 0 amide bonds. The number of rotatable bonds is 8. The second-order valence-corrected chi connectivity index (χ2v) is 6.23. The molecular weight excluding hydrogens is 397 g/mol. The van der Waals surface area contributed by atoms with Crippen LogP contribution in [0.1, 0.15) is 25.0 Å². The molecule has 0 fully saturated rings. The lowest BCUT2D eigenvalue weighted by molar-refractivity contribution is -0.137. The maximum Gasteiger partial charge on any atom is 0.416 e. The van der Waals surface area contributed by atoms with Crippen LogP contribution in [0.5, 0.6) is 0 Å². The van der Waals surface area contributed by atoms with E-state index in [1.54, 1.807) is 18.3 Å². The average Bonchev–Trinajstić information content (AvgIpc) is 2.73. The summed E-state index contributed by atoms with van der Waals surface area (Å²) in [7, 11) is 0. The summed E-state index contributed by atoms with van der Waals surface area (Å²) in [5.41, 5.74) is -0.243. The van der Waals surface area contributed by atoms with Crippen LogP contribution in [0.2, 0.25) is 0 Å². The molecule has 0 aliphatic carbocycles. The molecule has 8 nitrogen and oxygen atoms in total. The van der Waals surface area contributed by atoms with Crippen molar-refractivity contribution in [3.63, 3.8) is 0 Å². The zero-order chi connectivity index (χ0) is 21.6. The predicted octanol–water partition coefficient (Wildman–Crippen LogP) is 3.88. The monoisotopic (exact) mass is 418 g/mol. The van der Waals surface area contributed by atoms with Crippen LogP contribution in [-0.2, 0) is 12.7 Å². The van der Waals surface area contributed by atoms with Gasteiger partial charge in [0, 0.05) is 25.8 Å². The minimum Gasteiger partial charge on any atom is -0.350 e. The Labute approximate surface area is 171 Å². The molecule has 0 atom stereocenters. The Morgan fingerprint density at radius 2 is 1.77 bits per heavy atom. The van der Waals surface area contributed by atoms with E-state index in [1.165, 1.54) is 12.4 Å². The van der Waals surface area contributed by atoms with Gasteiger partial charge in [0.15, 0.2) is 0 Å². The molecule has 0 aliphatic heterocycles. The van der Waals surface area contributed by atoms with Gasteiger partial charge in [-0.05, 0) is 37.6 Å². The Kier molecular flexibility index (Phi) is 6.60. The molecule has 0 spiro atoms. The third-order valence-corrected chi connectivity index (χ3v) is 4.20. The van der Waals surface area contributed by atoms with Crippen molar-refractivity contribution in [2.75, 3.05) is 28.6 Å². The Bertz CT molecular complexity index is 961. The van der Waals surface area contributed by atoms with Crippen molar-refractivity contribution < 1.29 is 13.2 Å². The Hall–Kier alpha value is -3.50. The first-order valence-electron chi connectivity index (χ1n) is 9.33. The molecule has 1 aromatic carbocycles. The third kappa shape index (κ3) is 5.52. The van der Waals surface area contributed by atoms with Gasteiger partial charge >= 0.3 is 6.18 Å². The zero-order valence-electron chi connectivity index (χ0n) is 16.5. The van der Waals surface area contributed by atoms with Gasteiger partial charge < -0.3 is 15.5 Å². The maximum absolute atomic E-state index is 12.9. The number of hydrogen-bond donors (Lipinski definition) is 2. The first-order valence-corrected chi connectivity index (χ1v) is 9.33. The van der Waals surface area contributed by atoms with Crippen LogP contribution in [0.4, 0.5) is 36.8 Å². The summed E-state index contributed by atoms with van der Waals surface area (Å²) in [6.45, 7) is 5.43. The fraction of sp³-hybridized carbons (Fsp3) is 0.316. The lowest BCUT2D eigenvalue weighted by Crippen LogP contribution is -2.25. The van der Waals surface area contributed by atoms with Crippen LogP contribution < -0.4 is 15.5 Å². The van der Waals surface area contributed by atoms with Gasteiger partial charge in [0.1, 0.15) is 12.1 Å². The van der Waals surface area contributed by atoms with Crippen molar-refractivity contribution in [1.82, 2.24) is 24.9 Å².